The van der Waals surface area contributed by atoms with Crippen molar-refractivity contribution in [2.75, 3.05) is 44.6 Å². The summed E-state index contributed by atoms with van der Waals surface area (Å²) < 4.78 is 13.3. The number of rotatable bonds is 6. The van der Waals surface area contributed by atoms with Crippen LogP contribution >= 0.6 is 0 Å². The lowest BCUT2D eigenvalue weighted by Gasteiger charge is -2.37. The molecule has 0 saturated carbocycles. The van der Waals surface area contributed by atoms with Crippen molar-refractivity contribution in [1.29, 1.82) is 0 Å². The summed E-state index contributed by atoms with van der Waals surface area (Å²) in [5, 5.41) is 6.12. The van der Waals surface area contributed by atoms with Crippen molar-refractivity contribution < 1.29 is 14.0 Å². The van der Waals surface area contributed by atoms with Crippen molar-refractivity contribution in [1.82, 2.24) is 15.1 Å². The van der Waals surface area contributed by atoms with Crippen molar-refractivity contribution in [3.05, 3.63) is 30.1 Å². The topological polar surface area (TPSA) is 64.7 Å². The van der Waals surface area contributed by atoms with Crippen LogP contribution in [0, 0.1) is 11.7 Å². The van der Waals surface area contributed by atoms with E-state index >= 15 is 0 Å². The maximum Gasteiger partial charge on any atom is 0.241 e. The second-order valence-electron chi connectivity index (χ2n) is 7.82. The predicted molar refractivity (Wildman–Crippen MR) is 107 cm³/mol. The van der Waals surface area contributed by atoms with Gasteiger partial charge < -0.3 is 15.5 Å². The Hall–Kier alpha value is -1.99. The first-order chi connectivity index (χ1) is 13.5. The normalized spacial score (nSPS) is 20.0. The van der Waals surface area contributed by atoms with Crippen LogP contribution in [-0.2, 0) is 9.59 Å². The molecule has 0 spiro atoms. The van der Waals surface area contributed by atoms with Crippen molar-refractivity contribution in [2.45, 2.75) is 38.6 Å². The zero-order chi connectivity index (χ0) is 19.9. The van der Waals surface area contributed by atoms with Gasteiger partial charge in [-0.1, -0.05) is 6.07 Å². The molecule has 2 heterocycles. The fourth-order valence-corrected chi connectivity index (χ4v) is 3.99. The van der Waals surface area contributed by atoms with E-state index < -0.39 is 0 Å². The van der Waals surface area contributed by atoms with Crippen LogP contribution < -0.4 is 10.6 Å². The zero-order valence-corrected chi connectivity index (χ0v) is 16.6. The van der Waals surface area contributed by atoms with Crippen molar-refractivity contribution >= 4 is 17.5 Å². The van der Waals surface area contributed by atoms with Crippen LogP contribution in [0.1, 0.15) is 32.6 Å². The summed E-state index contributed by atoms with van der Waals surface area (Å²) in [6.45, 7) is 6.64. The van der Waals surface area contributed by atoms with Crippen LogP contribution in [0.15, 0.2) is 24.3 Å². The molecule has 28 heavy (non-hydrogen) atoms. The summed E-state index contributed by atoms with van der Waals surface area (Å²) in [5.74, 6) is 0.367. The van der Waals surface area contributed by atoms with Crippen LogP contribution in [0.3, 0.4) is 0 Å². The van der Waals surface area contributed by atoms with Gasteiger partial charge in [-0.05, 0) is 63.4 Å². The number of halogens is 1. The Morgan fingerprint density at radius 1 is 1.21 bits per heavy atom. The van der Waals surface area contributed by atoms with Gasteiger partial charge in [-0.15, -0.1) is 0 Å². The molecule has 1 aromatic carbocycles. The third-order valence-corrected chi connectivity index (χ3v) is 5.91. The highest BCUT2D eigenvalue weighted by Gasteiger charge is 2.27. The van der Waals surface area contributed by atoms with Gasteiger partial charge >= 0.3 is 0 Å². The van der Waals surface area contributed by atoms with E-state index in [0.717, 1.165) is 19.5 Å². The average Bonchev–Trinajstić information content (AvgIpc) is 2.72. The molecule has 2 aliphatic rings. The molecule has 2 fully saturated rings. The van der Waals surface area contributed by atoms with Gasteiger partial charge in [0.1, 0.15) is 5.82 Å². The molecule has 2 saturated heterocycles. The van der Waals surface area contributed by atoms with Crippen LogP contribution in [0.2, 0.25) is 0 Å². The van der Waals surface area contributed by atoms with E-state index in [1.54, 1.807) is 12.1 Å². The lowest BCUT2D eigenvalue weighted by atomic mass is 9.93. The van der Waals surface area contributed by atoms with Gasteiger partial charge in [0, 0.05) is 38.3 Å². The van der Waals surface area contributed by atoms with Gasteiger partial charge in [0.15, 0.2) is 0 Å². The minimum Gasteiger partial charge on any atom is -0.340 e. The average molecular weight is 391 g/mol. The lowest BCUT2D eigenvalue weighted by Crippen LogP contribution is -2.54. The number of anilines is 1. The maximum absolute atomic E-state index is 13.3. The lowest BCUT2D eigenvalue weighted by molar-refractivity contribution is -0.134. The van der Waals surface area contributed by atoms with Crippen molar-refractivity contribution in [2.24, 2.45) is 5.92 Å². The second kappa shape index (κ2) is 9.98. The first-order valence-electron chi connectivity index (χ1n) is 10.3. The number of nitrogens with one attached hydrogen (secondary N) is 2. The van der Waals surface area contributed by atoms with Gasteiger partial charge in [-0.3, -0.25) is 14.5 Å². The van der Waals surface area contributed by atoms with Gasteiger partial charge in [0.05, 0.1) is 6.04 Å². The minimum atomic E-state index is -0.373. The number of benzene rings is 1. The minimum absolute atomic E-state index is 0.156. The Morgan fingerprint density at radius 2 is 1.93 bits per heavy atom. The summed E-state index contributed by atoms with van der Waals surface area (Å²) in [6.07, 6.45) is 3.94. The fraction of sp³-hybridized carbons (Fsp3) is 0.619. The molecule has 0 aliphatic carbocycles. The van der Waals surface area contributed by atoms with Gasteiger partial charge in [0.25, 0.3) is 0 Å². The highest BCUT2D eigenvalue weighted by atomic mass is 19.1. The summed E-state index contributed by atoms with van der Waals surface area (Å²) in [7, 11) is 0. The largest absolute Gasteiger partial charge is 0.340 e. The monoisotopic (exact) mass is 390 g/mol. The number of nitrogens with zero attached hydrogens (tertiary/aromatic N) is 2. The SMILES string of the molecule is CC(C(=O)Nc1cccc(F)c1)N1CCN(C(=O)CCC2CCNCC2)CC1. The van der Waals surface area contributed by atoms with Crippen LogP contribution in [-0.4, -0.2) is 66.9 Å². The van der Waals surface area contributed by atoms with E-state index in [-0.39, 0.29) is 23.7 Å². The molecule has 0 radical (unpaired) electrons. The molecular weight excluding hydrogens is 359 g/mol. The molecule has 6 nitrogen and oxygen atoms in total. The standard InChI is InChI=1S/C21H31FN4O2/c1-16(21(28)24-19-4-2-3-18(22)15-19)25-11-13-26(14-12-25)20(27)6-5-17-7-9-23-10-8-17/h2-4,15-17,23H,5-14H2,1H3,(H,24,28). The molecule has 2 aliphatic heterocycles. The third-order valence-electron chi connectivity index (χ3n) is 5.91. The quantitative estimate of drug-likeness (QED) is 0.781. The summed E-state index contributed by atoms with van der Waals surface area (Å²) >= 11 is 0. The maximum atomic E-state index is 13.3. The van der Waals surface area contributed by atoms with Crippen LogP contribution in [0.5, 0.6) is 0 Å². The van der Waals surface area contributed by atoms with E-state index in [4.69, 9.17) is 0 Å². The molecule has 0 aromatic heterocycles. The number of carbonyl (C=O) groups is 2. The number of amides is 2. The molecular formula is C21H31FN4O2. The summed E-state index contributed by atoms with van der Waals surface area (Å²) in [6, 6.07) is 5.58. The van der Waals surface area contributed by atoms with Gasteiger partial charge in [-0.25, -0.2) is 4.39 Å². The fourth-order valence-electron chi connectivity index (χ4n) is 3.99. The third kappa shape index (κ3) is 5.75. The summed E-state index contributed by atoms with van der Waals surface area (Å²) in [4.78, 5) is 29.0. The van der Waals surface area contributed by atoms with Crippen molar-refractivity contribution in [3.63, 3.8) is 0 Å². The number of hydrogen-bond donors (Lipinski definition) is 2. The Kier molecular flexibility index (Phi) is 7.39. The highest BCUT2D eigenvalue weighted by molar-refractivity contribution is 5.94. The van der Waals surface area contributed by atoms with Crippen molar-refractivity contribution in [3.8, 4) is 0 Å². The number of piperidine rings is 1. The predicted octanol–water partition coefficient (Wildman–Crippen LogP) is 2.08. The van der Waals surface area contributed by atoms with E-state index in [9.17, 15) is 14.0 Å². The number of piperazine rings is 1. The summed E-state index contributed by atoms with van der Waals surface area (Å²) in [5.41, 5.74) is 0.462. The number of hydrogen-bond acceptors (Lipinski definition) is 4. The number of carbonyl (C=O) groups excluding carboxylic acids is 2. The second-order valence-corrected chi connectivity index (χ2v) is 7.82. The van der Waals surface area contributed by atoms with E-state index in [0.29, 0.717) is 44.2 Å². The molecule has 154 valence electrons. The molecule has 2 amide bonds. The van der Waals surface area contributed by atoms with E-state index in [1.165, 1.54) is 25.0 Å². The zero-order valence-electron chi connectivity index (χ0n) is 16.6. The Morgan fingerprint density at radius 3 is 2.61 bits per heavy atom. The Bertz CT molecular complexity index is 670. The smallest absolute Gasteiger partial charge is 0.241 e. The highest BCUT2D eigenvalue weighted by Crippen LogP contribution is 2.19. The first-order valence-corrected chi connectivity index (χ1v) is 10.3. The molecule has 2 N–H and O–H groups in total. The molecule has 1 aromatic rings. The first kappa shape index (κ1) is 20.7. The van der Waals surface area contributed by atoms with Gasteiger partial charge in [-0.2, -0.15) is 0 Å². The molecule has 3 rings (SSSR count). The molecule has 7 heteroatoms. The van der Waals surface area contributed by atoms with Crippen LogP contribution in [0.4, 0.5) is 10.1 Å². The Labute approximate surface area is 166 Å². The van der Waals surface area contributed by atoms with E-state index in [1.807, 2.05) is 11.8 Å². The molecule has 1 unspecified atom stereocenters. The van der Waals surface area contributed by atoms with Crippen LogP contribution in [0.25, 0.3) is 0 Å². The molecule has 1 atom stereocenters. The Balaban J connectivity index is 1.41. The van der Waals surface area contributed by atoms with Gasteiger partial charge in [0.2, 0.25) is 11.8 Å². The van der Waals surface area contributed by atoms with E-state index in [2.05, 4.69) is 15.5 Å². The molecule has 0 bridgehead atoms.